The zero-order valence-electron chi connectivity index (χ0n) is 16.7. The summed E-state index contributed by atoms with van der Waals surface area (Å²) in [6.07, 6.45) is 0. The van der Waals surface area contributed by atoms with E-state index in [9.17, 15) is 0 Å². The van der Waals surface area contributed by atoms with Crippen LogP contribution in [0.3, 0.4) is 0 Å². The number of aromatic nitrogens is 2. The third kappa shape index (κ3) is 4.02. The normalized spacial score (nSPS) is 18.2. The number of hydrogen-bond donors (Lipinski definition) is 0. The Morgan fingerprint density at radius 2 is 1.54 bits per heavy atom. The fourth-order valence-electron chi connectivity index (χ4n) is 3.81. The van der Waals surface area contributed by atoms with Crippen molar-refractivity contribution in [3.05, 3.63) is 41.6 Å². The highest BCUT2D eigenvalue weighted by molar-refractivity contribution is 5.54. The Morgan fingerprint density at radius 3 is 2.25 bits per heavy atom. The summed E-state index contributed by atoms with van der Waals surface area (Å²) in [6.45, 7) is 9.76. The minimum atomic E-state index is 0.711. The zero-order chi connectivity index (χ0) is 19.5. The second-order valence-electron chi connectivity index (χ2n) is 7.59. The SMILES string of the molecule is Cc1cc(N2CCN(c3cccc(C#N)c3)CC2)nc(N2CCN(C)CC2)n1. The summed E-state index contributed by atoms with van der Waals surface area (Å²) in [5.41, 5.74) is 2.85. The van der Waals surface area contributed by atoms with Crippen LogP contribution in [0.15, 0.2) is 30.3 Å². The van der Waals surface area contributed by atoms with Crippen LogP contribution in [0, 0.1) is 18.3 Å². The molecule has 2 aliphatic rings. The molecule has 0 radical (unpaired) electrons. The van der Waals surface area contributed by atoms with E-state index in [2.05, 4.69) is 49.8 Å². The van der Waals surface area contributed by atoms with Crippen LogP contribution in [0.5, 0.6) is 0 Å². The van der Waals surface area contributed by atoms with Crippen LogP contribution in [0.1, 0.15) is 11.3 Å². The molecule has 0 unspecified atom stereocenters. The molecule has 2 fully saturated rings. The van der Waals surface area contributed by atoms with Gasteiger partial charge in [0.2, 0.25) is 5.95 Å². The second-order valence-corrected chi connectivity index (χ2v) is 7.59. The largest absolute Gasteiger partial charge is 0.368 e. The fraction of sp³-hybridized carbons (Fsp3) is 0.476. The molecule has 0 amide bonds. The average molecular weight is 377 g/mol. The summed E-state index contributed by atoms with van der Waals surface area (Å²) in [5.74, 6) is 1.87. The molecule has 0 spiro atoms. The van der Waals surface area contributed by atoms with Crippen LogP contribution >= 0.6 is 0 Å². The number of piperazine rings is 2. The minimum absolute atomic E-state index is 0.711. The second kappa shape index (κ2) is 8.03. The van der Waals surface area contributed by atoms with Gasteiger partial charge in [0.15, 0.2) is 0 Å². The van der Waals surface area contributed by atoms with Gasteiger partial charge in [-0.25, -0.2) is 4.98 Å². The predicted molar refractivity (Wildman–Crippen MR) is 112 cm³/mol. The first-order valence-corrected chi connectivity index (χ1v) is 9.91. The highest BCUT2D eigenvalue weighted by Crippen LogP contribution is 2.22. The zero-order valence-corrected chi connectivity index (χ0v) is 16.7. The Bertz CT molecular complexity index is 859. The maximum absolute atomic E-state index is 9.13. The van der Waals surface area contributed by atoms with E-state index in [0.29, 0.717) is 5.56 Å². The molecule has 1 aromatic carbocycles. The average Bonchev–Trinajstić information content (AvgIpc) is 2.74. The van der Waals surface area contributed by atoms with Gasteiger partial charge in [0.05, 0.1) is 11.6 Å². The lowest BCUT2D eigenvalue weighted by molar-refractivity contribution is 0.311. The third-order valence-corrected chi connectivity index (χ3v) is 5.56. The highest BCUT2D eigenvalue weighted by atomic mass is 15.3. The van der Waals surface area contributed by atoms with Crippen LogP contribution in [0.4, 0.5) is 17.5 Å². The molecule has 7 heteroatoms. The molecular formula is C21H27N7. The van der Waals surface area contributed by atoms with Crippen molar-refractivity contribution in [2.75, 3.05) is 74.1 Å². The molecule has 0 saturated carbocycles. The molecule has 0 aliphatic carbocycles. The maximum Gasteiger partial charge on any atom is 0.227 e. The Labute approximate surface area is 166 Å². The van der Waals surface area contributed by atoms with Gasteiger partial charge in [0, 0.05) is 69.8 Å². The lowest BCUT2D eigenvalue weighted by atomic mass is 10.2. The van der Waals surface area contributed by atoms with Crippen LogP contribution in [0.2, 0.25) is 0 Å². The molecule has 3 heterocycles. The molecule has 146 valence electrons. The van der Waals surface area contributed by atoms with Crippen molar-refractivity contribution < 1.29 is 0 Å². The van der Waals surface area contributed by atoms with E-state index >= 15 is 0 Å². The van der Waals surface area contributed by atoms with Gasteiger partial charge >= 0.3 is 0 Å². The lowest BCUT2D eigenvalue weighted by Gasteiger charge is -2.37. The topological polar surface area (TPSA) is 62.5 Å². The minimum Gasteiger partial charge on any atom is -0.368 e. The lowest BCUT2D eigenvalue weighted by Crippen LogP contribution is -2.47. The quantitative estimate of drug-likeness (QED) is 0.807. The van der Waals surface area contributed by atoms with Gasteiger partial charge in [-0.2, -0.15) is 10.2 Å². The van der Waals surface area contributed by atoms with Crippen molar-refractivity contribution >= 4 is 17.5 Å². The van der Waals surface area contributed by atoms with Crippen molar-refractivity contribution in [3.63, 3.8) is 0 Å². The Morgan fingerprint density at radius 1 is 0.857 bits per heavy atom. The number of aryl methyl sites for hydroxylation is 1. The summed E-state index contributed by atoms with van der Waals surface area (Å²) >= 11 is 0. The number of rotatable bonds is 3. The van der Waals surface area contributed by atoms with Gasteiger partial charge in [-0.15, -0.1) is 0 Å². The van der Waals surface area contributed by atoms with Crippen LogP contribution in [-0.2, 0) is 0 Å². The molecule has 0 N–H and O–H groups in total. The first-order valence-electron chi connectivity index (χ1n) is 9.91. The van der Waals surface area contributed by atoms with Crippen molar-refractivity contribution in [3.8, 4) is 6.07 Å². The molecule has 4 rings (SSSR count). The number of hydrogen-bond acceptors (Lipinski definition) is 7. The van der Waals surface area contributed by atoms with Gasteiger partial charge in [0.1, 0.15) is 5.82 Å². The highest BCUT2D eigenvalue weighted by Gasteiger charge is 2.22. The van der Waals surface area contributed by atoms with E-state index in [-0.39, 0.29) is 0 Å². The van der Waals surface area contributed by atoms with Crippen molar-refractivity contribution in [2.45, 2.75) is 6.92 Å². The summed E-state index contributed by atoms with van der Waals surface area (Å²) in [6, 6.07) is 12.2. The maximum atomic E-state index is 9.13. The molecule has 0 bridgehead atoms. The number of benzene rings is 1. The molecular weight excluding hydrogens is 350 g/mol. The Balaban J connectivity index is 1.45. The van der Waals surface area contributed by atoms with Gasteiger partial charge in [-0.05, 0) is 32.2 Å². The standard InChI is InChI=1S/C21H27N7/c1-17-14-20(24-21(23-17)28-8-6-25(2)7-9-28)27-12-10-26(11-13-27)19-5-3-4-18(15-19)16-22/h3-5,14-15H,6-13H2,1-2H3. The Kier molecular flexibility index (Phi) is 5.31. The predicted octanol–water partition coefficient (Wildman–Crippen LogP) is 1.74. The molecule has 7 nitrogen and oxygen atoms in total. The van der Waals surface area contributed by atoms with E-state index in [0.717, 1.165) is 75.5 Å². The number of nitrogens with zero attached hydrogens (tertiary/aromatic N) is 7. The molecule has 2 aromatic rings. The number of likely N-dealkylation sites (N-methyl/N-ethyl adjacent to an activating group) is 1. The van der Waals surface area contributed by atoms with E-state index in [4.69, 9.17) is 10.2 Å². The molecule has 28 heavy (non-hydrogen) atoms. The third-order valence-electron chi connectivity index (χ3n) is 5.56. The van der Waals surface area contributed by atoms with Crippen LogP contribution in [0.25, 0.3) is 0 Å². The molecule has 2 saturated heterocycles. The summed E-state index contributed by atoms with van der Waals surface area (Å²) < 4.78 is 0. The first kappa shape index (κ1) is 18.5. The number of nitriles is 1. The van der Waals surface area contributed by atoms with Gasteiger partial charge in [0.25, 0.3) is 0 Å². The molecule has 0 atom stereocenters. The van der Waals surface area contributed by atoms with Crippen LogP contribution < -0.4 is 14.7 Å². The summed E-state index contributed by atoms with van der Waals surface area (Å²) in [5, 5.41) is 9.13. The summed E-state index contributed by atoms with van der Waals surface area (Å²) in [4.78, 5) is 18.9. The molecule has 2 aliphatic heterocycles. The number of anilines is 3. The molecule has 1 aromatic heterocycles. The van der Waals surface area contributed by atoms with Crippen molar-refractivity contribution in [1.29, 1.82) is 5.26 Å². The van der Waals surface area contributed by atoms with Crippen molar-refractivity contribution in [2.24, 2.45) is 0 Å². The van der Waals surface area contributed by atoms with Gasteiger partial charge < -0.3 is 19.6 Å². The van der Waals surface area contributed by atoms with E-state index < -0.39 is 0 Å². The smallest absolute Gasteiger partial charge is 0.227 e. The van der Waals surface area contributed by atoms with Gasteiger partial charge in [-0.1, -0.05) is 6.07 Å². The van der Waals surface area contributed by atoms with E-state index in [1.54, 1.807) is 0 Å². The van der Waals surface area contributed by atoms with Gasteiger partial charge in [-0.3, -0.25) is 0 Å². The van der Waals surface area contributed by atoms with Crippen molar-refractivity contribution in [1.82, 2.24) is 14.9 Å². The summed E-state index contributed by atoms with van der Waals surface area (Å²) in [7, 11) is 2.16. The van der Waals surface area contributed by atoms with E-state index in [1.807, 2.05) is 25.1 Å². The van der Waals surface area contributed by atoms with Crippen LogP contribution in [-0.4, -0.2) is 74.3 Å². The monoisotopic (exact) mass is 377 g/mol. The Hall–Kier alpha value is -2.85. The first-order chi connectivity index (χ1) is 13.6. The van der Waals surface area contributed by atoms with E-state index in [1.165, 1.54) is 0 Å². The fourth-order valence-corrected chi connectivity index (χ4v) is 3.81.